The molecule has 3 aliphatic rings. The van der Waals surface area contributed by atoms with E-state index >= 15 is 0 Å². The molecule has 0 radical (unpaired) electrons. The van der Waals surface area contributed by atoms with Gasteiger partial charge >= 0.3 is 0 Å². The van der Waals surface area contributed by atoms with Gasteiger partial charge in [-0.1, -0.05) is 122 Å². The van der Waals surface area contributed by atoms with E-state index in [2.05, 4.69) is 128 Å². The second-order valence-corrected chi connectivity index (χ2v) is 11.9. The minimum Gasteiger partial charge on any atom is -0.449 e. The van der Waals surface area contributed by atoms with Crippen molar-refractivity contribution in [3.8, 4) is 56.4 Å². The normalized spacial score (nSPS) is 13.8. The van der Waals surface area contributed by atoms with Crippen molar-refractivity contribution in [3.63, 3.8) is 0 Å². The van der Waals surface area contributed by atoms with Gasteiger partial charge in [-0.2, -0.15) is 0 Å². The summed E-state index contributed by atoms with van der Waals surface area (Å²) < 4.78 is 13.4. The van der Waals surface area contributed by atoms with Crippen LogP contribution in [0.3, 0.4) is 0 Å². The number of ether oxygens (including phenoxy) is 2. The highest BCUT2D eigenvalue weighted by molar-refractivity contribution is 5.97. The topological polar surface area (TPSA) is 30.5 Å². The van der Waals surface area contributed by atoms with Crippen LogP contribution in [-0.2, 0) is 5.41 Å². The van der Waals surface area contributed by atoms with E-state index in [1.54, 1.807) is 6.08 Å². The predicted molar refractivity (Wildman–Crippen MR) is 187 cm³/mol. The summed E-state index contributed by atoms with van der Waals surface area (Å²) in [6.45, 7) is 7.81. The lowest BCUT2D eigenvalue weighted by molar-refractivity contribution is 0.360. The molecule has 6 aromatic carbocycles. The first-order valence-electron chi connectivity index (χ1n) is 15.5. The third kappa shape index (κ3) is 3.66. The van der Waals surface area contributed by atoms with Crippen LogP contribution in [0, 0.1) is 0 Å². The van der Waals surface area contributed by atoms with E-state index in [1.165, 1.54) is 38.9 Å². The molecule has 0 atom stereocenters. The number of fused-ring (bicyclic) bond motifs is 13. The fourth-order valence-electron chi connectivity index (χ4n) is 7.58. The molecule has 0 saturated heterocycles. The Morgan fingerprint density at radius 2 is 1.24 bits per heavy atom. The summed E-state index contributed by atoms with van der Waals surface area (Å²) >= 11 is 0. The van der Waals surface area contributed by atoms with Crippen molar-refractivity contribution in [2.24, 2.45) is 0 Å². The van der Waals surface area contributed by atoms with Gasteiger partial charge in [0.05, 0.1) is 5.41 Å². The Balaban J connectivity index is 1.17. The minimum atomic E-state index is -0.433. The highest BCUT2D eigenvalue weighted by Gasteiger charge is 2.52. The molecule has 2 aliphatic carbocycles. The number of hydrogen-bond donors (Lipinski definition) is 1. The van der Waals surface area contributed by atoms with Crippen LogP contribution in [0.25, 0.3) is 33.4 Å². The molecule has 6 aromatic rings. The van der Waals surface area contributed by atoms with Crippen LogP contribution < -0.4 is 14.8 Å². The Morgan fingerprint density at radius 1 is 0.587 bits per heavy atom. The largest absolute Gasteiger partial charge is 0.449 e. The lowest BCUT2D eigenvalue weighted by Gasteiger charge is -2.31. The van der Waals surface area contributed by atoms with Crippen LogP contribution in [0.1, 0.15) is 22.3 Å². The van der Waals surface area contributed by atoms with E-state index in [4.69, 9.17) is 9.47 Å². The average molecular weight is 592 g/mol. The monoisotopic (exact) mass is 591 g/mol. The van der Waals surface area contributed by atoms with Gasteiger partial charge in [-0.15, -0.1) is 0 Å². The second kappa shape index (κ2) is 9.98. The summed E-state index contributed by atoms with van der Waals surface area (Å²) in [5.74, 6) is 2.88. The Labute approximate surface area is 268 Å². The molecule has 1 aliphatic heterocycles. The fraction of sp³-hybridized carbons (Fsp3) is 0.0233. The van der Waals surface area contributed by atoms with E-state index in [0.29, 0.717) is 11.5 Å². The highest BCUT2D eigenvalue weighted by Crippen LogP contribution is 2.66. The van der Waals surface area contributed by atoms with Crippen molar-refractivity contribution in [1.29, 1.82) is 0 Å². The van der Waals surface area contributed by atoms with Crippen molar-refractivity contribution in [3.05, 3.63) is 187 Å². The van der Waals surface area contributed by atoms with Crippen LogP contribution in [-0.4, -0.2) is 0 Å². The van der Waals surface area contributed by atoms with Crippen LogP contribution >= 0.6 is 0 Å². The van der Waals surface area contributed by atoms with Crippen molar-refractivity contribution in [2.45, 2.75) is 5.41 Å². The molecule has 1 N–H and O–H groups in total. The SMILES string of the molecule is C=C/C=C\C(=C)Nc1cccc(-c2ccc3c(c2)Oc2c(ccc4c2-c2ccccc2C42c4ccccc4-c4ccccc42)O3)c1. The molecule has 46 heavy (non-hydrogen) atoms. The minimum absolute atomic E-state index is 0.433. The summed E-state index contributed by atoms with van der Waals surface area (Å²) in [5, 5.41) is 3.35. The van der Waals surface area contributed by atoms with E-state index in [0.717, 1.165) is 39.6 Å². The number of nitrogens with one attached hydrogen (secondary N) is 1. The molecule has 0 unspecified atom stereocenters. The lowest BCUT2D eigenvalue weighted by atomic mass is 9.70. The van der Waals surface area contributed by atoms with Crippen LogP contribution in [0.4, 0.5) is 5.69 Å². The maximum atomic E-state index is 6.88. The maximum Gasteiger partial charge on any atom is 0.178 e. The molecule has 0 amide bonds. The van der Waals surface area contributed by atoms with E-state index in [1.807, 2.05) is 30.4 Å². The van der Waals surface area contributed by atoms with Gasteiger partial charge in [0.1, 0.15) is 0 Å². The summed E-state index contributed by atoms with van der Waals surface area (Å²) in [5.41, 5.74) is 13.3. The first-order valence-corrected chi connectivity index (χ1v) is 15.5. The molecular formula is C43H29NO2. The first kappa shape index (κ1) is 26.4. The van der Waals surface area contributed by atoms with Gasteiger partial charge in [0, 0.05) is 16.9 Å². The van der Waals surface area contributed by atoms with Crippen molar-refractivity contribution >= 4 is 5.69 Å². The quantitative estimate of drug-likeness (QED) is 0.202. The number of anilines is 1. The Bertz CT molecular complexity index is 2250. The number of hydrogen-bond acceptors (Lipinski definition) is 3. The van der Waals surface area contributed by atoms with E-state index < -0.39 is 5.41 Å². The Hall–Kier alpha value is -6.06. The third-order valence-electron chi connectivity index (χ3n) is 9.39. The molecule has 0 saturated carbocycles. The van der Waals surface area contributed by atoms with Gasteiger partial charge in [-0.25, -0.2) is 0 Å². The van der Waals surface area contributed by atoms with Gasteiger partial charge in [-0.05, 0) is 86.5 Å². The third-order valence-corrected chi connectivity index (χ3v) is 9.39. The molecule has 218 valence electrons. The molecule has 0 bridgehead atoms. The van der Waals surface area contributed by atoms with Gasteiger partial charge in [0.25, 0.3) is 0 Å². The molecule has 0 aromatic heterocycles. The molecule has 3 nitrogen and oxygen atoms in total. The zero-order valence-corrected chi connectivity index (χ0v) is 25.1. The molecule has 0 fully saturated rings. The highest BCUT2D eigenvalue weighted by atomic mass is 16.6. The zero-order chi connectivity index (χ0) is 30.8. The van der Waals surface area contributed by atoms with Gasteiger partial charge in [0.2, 0.25) is 0 Å². The summed E-state index contributed by atoms with van der Waals surface area (Å²) in [6, 6.07) is 45.1. The van der Waals surface area contributed by atoms with Gasteiger partial charge in [-0.3, -0.25) is 0 Å². The van der Waals surface area contributed by atoms with E-state index in [-0.39, 0.29) is 0 Å². The van der Waals surface area contributed by atoms with Crippen LogP contribution in [0.2, 0.25) is 0 Å². The molecule has 1 heterocycles. The smallest absolute Gasteiger partial charge is 0.178 e. The van der Waals surface area contributed by atoms with Crippen LogP contribution in [0.5, 0.6) is 23.0 Å². The van der Waals surface area contributed by atoms with Gasteiger partial charge in [0.15, 0.2) is 23.0 Å². The number of allylic oxidation sites excluding steroid dienone is 3. The summed E-state index contributed by atoms with van der Waals surface area (Å²) in [4.78, 5) is 0. The van der Waals surface area contributed by atoms with Crippen molar-refractivity contribution in [2.75, 3.05) is 5.32 Å². The Kier molecular flexibility index (Phi) is 5.72. The summed E-state index contributed by atoms with van der Waals surface area (Å²) in [7, 11) is 0. The maximum absolute atomic E-state index is 6.88. The van der Waals surface area contributed by atoms with Crippen molar-refractivity contribution < 1.29 is 9.47 Å². The fourth-order valence-corrected chi connectivity index (χ4v) is 7.58. The number of rotatable bonds is 5. The molecule has 1 spiro atoms. The second-order valence-electron chi connectivity index (χ2n) is 11.9. The van der Waals surface area contributed by atoms with E-state index in [9.17, 15) is 0 Å². The molecular weight excluding hydrogens is 562 g/mol. The standard InChI is InChI=1S/C43H29NO2/c1-3-4-12-27(2)44-30-14-11-13-28(25-30)29-21-23-38-40(26-29)46-42-39(45-38)24-22-37-41(42)33-17-7-10-20-36(33)43(37)34-18-8-5-15-31(34)32-16-6-9-19-35(32)43/h3-26,44H,1-2H2/b12-4-. The summed E-state index contributed by atoms with van der Waals surface area (Å²) in [6.07, 6.45) is 5.49. The Morgan fingerprint density at radius 3 is 1.98 bits per heavy atom. The molecule has 9 rings (SSSR count). The van der Waals surface area contributed by atoms with Crippen molar-refractivity contribution in [1.82, 2.24) is 0 Å². The predicted octanol–water partition coefficient (Wildman–Crippen LogP) is 11.3. The zero-order valence-electron chi connectivity index (χ0n) is 25.1. The average Bonchev–Trinajstić information content (AvgIpc) is 3.57. The number of benzene rings is 6. The molecule has 3 heteroatoms. The van der Waals surface area contributed by atoms with Gasteiger partial charge < -0.3 is 14.8 Å². The van der Waals surface area contributed by atoms with Crippen LogP contribution in [0.15, 0.2) is 164 Å². The lowest BCUT2D eigenvalue weighted by Crippen LogP contribution is -2.25. The first-order chi connectivity index (χ1) is 22.7.